The summed E-state index contributed by atoms with van der Waals surface area (Å²) in [5.41, 5.74) is 2.54. The summed E-state index contributed by atoms with van der Waals surface area (Å²) in [5.74, 6) is -0.395. The topological polar surface area (TPSA) is 55.4 Å². The van der Waals surface area contributed by atoms with Gasteiger partial charge in [-0.25, -0.2) is 0 Å². The molecule has 1 aromatic carbocycles. The summed E-state index contributed by atoms with van der Waals surface area (Å²) in [7, 11) is 1.36. The average molecular weight is 374 g/mol. The van der Waals surface area contributed by atoms with Gasteiger partial charge in [0, 0.05) is 11.3 Å². The molecule has 1 aromatic heterocycles. The molecule has 2 aromatic rings. The molecule has 26 heavy (non-hydrogen) atoms. The molecule has 0 fully saturated rings. The van der Waals surface area contributed by atoms with Gasteiger partial charge >= 0.3 is 5.97 Å². The maximum absolute atomic E-state index is 12.4. The molecule has 1 unspecified atom stereocenters. The van der Waals surface area contributed by atoms with Crippen LogP contribution in [0.1, 0.15) is 55.7 Å². The van der Waals surface area contributed by atoms with Gasteiger partial charge in [-0.15, -0.1) is 11.3 Å². The van der Waals surface area contributed by atoms with Crippen molar-refractivity contribution in [1.29, 1.82) is 0 Å². The molecule has 0 saturated carbocycles. The Balaban J connectivity index is 1.92. The minimum atomic E-state index is -0.335. The molecule has 140 valence electrons. The highest BCUT2D eigenvalue weighted by Gasteiger charge is 2.20. The molecular formula is C21H27NO3S. The summed E-state index contributed by atoms with van der Waals surface area (Å²) in [4.78, 5) is 24.9. The molecule has 0 aliphatic carbocycles. The van der Waals surface area contributed by atoms with Gasteiger partial charge in [-0.2, -0.15) is 0 Å². The van der Waals surface area contributed by atoms with Crippen molar-refractivity contribution < 1.29 is 14.3 Å². The van der Waals surface area contributed by atoms with E-state index >= 15 is 0 Å². The highest BCUT2D eigenvalue weighted by atomic mass is 32.1. The van der Waals surface area contributed by atoms with Crippen molar-refractivity contribution in [2.45, 2.75) is 51.5 Å². The lowest BCUT2D eigenvalue weighted by molar-refractivity contribution is -0.141. The van der Waals surface area contributed by atoms with E-state index in [1.807, 2.05) is 17.5 Å². The first-order chi connectivity index (χ1) is 12.3. The molecule has 0 spiro atoms. The van der Waals surface area contributed by atoms with Crippen molar-refractivity contribution in [2.24, 2.45) is 0 Å². The Labute approximate surface area is 159 Å². The number of methoxy groups -OCH3 is 1. The van der Waals surface area contributed by atoms with Crippen LogP contribution in [0.25, 0.3) is 0 Å². The molecule has 1 N–H and O–H groups in total. The number of hydrogen-bond acceptors (Lipinski definition) is 4. The normalized spacial score (nSPS) is 12.5. The Morgan fingerprint density at radius 2 is 1.85 bits per heavy atom. The van der Waals surface area contributed by atoms with Crippen LogP contribution in [-0.2, 0) is 26.2 Å². The molecule has 1 heterocycles. The van der Waals surface area contributed by atoms with Crippen LogP contribution in [0.2, 0.25) is 0 Å². The number of carbonyl (C=O) groups excluding carboxylic acids is 2. The molecule has 0 bridgehead atoms. The smallest absolute Gasteiger partial charge is 0.307 e. The van der Waals surface area contributed by atoms with Gasteiger partial charge in [0.15, 0.2) is 0 Å². The number of thiophene rings is 1. The van der Waals surface area contributed by atoms with Crippen LogP contribution < -0.4 is 5.32 Å². The Bertz CT molecular complexity index is 715. The van der Waals surface area contributed by atoms with Crippen molar-refractivity contribution in [3.05, 3.63) is 57.8 Å². The minimum Gasteiger partial charge on any atom is -0.469 e. The number of benzene rings is 1. The molecule has 0 radical (unpaired) electrons. The summed E-state index contributed by atoms with van der Waals surface area (Å²) >= 11 is 1.52. The molecule has 0 saturated heterocycles. The zero-order valence-electron chi connectivity index (χ0n) is 15.9. The van der Waals surface area contributed by atoms with Gasteiger partial charge in [-0.1, -0.05) is 51.1 Å². The second-order valence-corrected chi connectivity index (χ2v) is 8.34. The lowest BCUT2D eigenvalue weighted by Gasteiger charge is -2.19. The second kappa shape index (κ2) is 8.99. The van der Waals surface area contributed by atoms with E-state index in [-0.39, 0.29) is 29.8 Å². The number of esters is 1. The van der Waals surface area contributed by atoms with Crippen molar-refractivity contribution in [3.63, 3.8) is 0 Å². The number of carbonyl (C=O) groups is 2. The zero-order chi connectivity index (χ0) is 19.2. The van der Waals surface area contributed by atoms with Crippen molar-refractivity contribution in [3.8, 4) is 0 Å². The fourth-order valence-electron chi connectivity index (χ4n) is 2.66. The monoisotopic (exact) mass is 373 g/mol. The van der Waals surface area contributed by atoms with E-state index in [1.165, 1.54) is 24.0 Å². The maximum atomic E-state index is 12.4. The second-order valence-electron chi connectivity index (χ2n) is 7.36. The summed E-state index contributed by atoms with van der Waals surface area (Å²) in [5, 5.41) is 4.89. The van der Waals surface area contributed by atoms with E-state index in [1.54, 1.807) is 0 Å². The predicted octanol–water partition coefficient (Wildman–Crippen LogP) is 4.40. The van der Waals surface area contributed by atoms with Crippen LogP contribution in [0, 0.1) is 0 Å². The molecule has 5 heteroatoms. The zero-order valence-corrected chi connectivity index (χ0v) is 16.7. The van der Waals surface area contributed by atoms with Crippen LogP contribution in [0.3, 0.4) is 0 Å². The van der Waals surface area contributed by atoms with Gasteiger partial charge in [0.1, 0.15) is 0 Å². The standard InChI is InChI=1S/C21H27NO3S/c1-21(2,3)16-10-7-15(8-11-16)9-12-19(23)22-17(14-20(24)25-4)18-6-5-13-26-18/h5-8,10-11,13,17H,9,12,14H2,1-4H3,(H,22,23). The molecule has 0 aliphatic heterocycles. The Morgan fingerprint density at radius 1 is 1.15 bits per heavy atom. The van der Waals surface area contributed by atoms with Gasteiger partial charge in [-0.05, 0) is 34.4 Å². The number of aryl methyl sites for hydroxylation is 1. The molecule has 1 atom stereocenters. The number of ether oxygens (including phenoxy) is 1. The Kier molecular flexibility index (Phi) is 6.98. The third-order valence-electron chi connectivity index (χ3n) is 4.28. The lowest BCUT2D eigenvalue weighted by atomic mass is 9.86. The first-order valence-electron chi connectivity index (χ1n) is 8.78. The molecule has 1 amide bonds. The van der Waals surface area contributed by atoms with Gasteiger partial charge in [0.05, 0.1) is 19.6 Å². The number of nitrogens with one attached hydrogen (secondary N) is 1. The summed E-state index contributed by atoms with van der Waals surface area (Å²) in [6.45, 7) is 6.55. The highest BCUT2D eigenvalue weighted by molar-refractivity contribution is 7.10. The first-order valence-corrected chi connectivity index (χ1v) is 9.66. The fourth-order valence-corrected chi connectivity index (χ4v) is 3.44. The van der Waals surface area contributed by atoms with Gasteiger partial charge < -0.3 is 10.1 Å². The van der Waals surface area contributed by atoms with Crippen LogP contribution in [0.4, 0.5) is 0 Å². The SMILES string of the molecule is COC(=O)CC(NC(=O)CCc1ccc(C(C)(C)C)cc1)c1cccs1. The van der Waals surface area contributed by atoms with Gasteiger partial charge in [0.25, 0.3) is 0 Å². The molecule has 2 rings (SSSR count). The van der Waals surface area contributed by atoms with Crippen molar-refractivity contribution in [2.75, 3.05) is 7.11 Å². The number of hydrogen-bond donors (Lipinski definition) is 1. The number of amides is 1. The summed E-state index contributed by atoms with van der Waals surface area (Å²) in [6.07, 6.45) is 1.20. The van der Waals surface area contributed by atoms with Crippen molar-refractivity contribution in [1.82, 2.24) is 5.32 Å². The van der Waals surface area contributed by atoms with E-state index in [0.717, 1.165) is 10.4 Å². The van der Waals surface area contributed by atoms with E-state index in [9.17, 15) is 9.59 Å². The van der Waals surface area contributed by atoms with Crippen LogP contribution in [0.15, 0.2) is 41.8 Å². The van der Waals surface area contributed by atoms with E-state index < -0.39 is 0 Å². The molecule has 0 aliphatic rings. The third kappa shape index (κ3) is 5.99. The van der Waals surface area contributed by atoms with Gasteiger partial charge in [-0.3, -0.25) is 9.59 Å². The van der Waals surface area contributed by atoms with Crippen LogP contribution in [-0.4, -0.2) is 19.0 Å². The lowest BCUT2D eigenvalue weighted by Crippen LogP contribution is -2.30. The summed E-state index contributed by atoms with van der Waals surface area (Å²) < 4.78 is 4.74. The first kappa shape index (κ1) is 20.2. The fraction of sp³-hybridized carbons (Fsp3) is 0.429. The molecular weight excluding hydrogens is 346 g/mol. The quantitative estimate of drug-likeness (QED) is 0.732. The van der Waals surface area contributed by atoms with Crippen LogP contribution in [0.5, 0.6) is 0 Å². The van der Waals surface area contributed by atoms with Gasteiger partial charge in [0.2, 0.25) is 5.91 Å². The Hall–Kier alpha value is -2.14. The Morgan fingerprint density at radius 3 is 2.38 bits per heavy atom. The number of rotatable bonds is 7. The minimum absolute atomic E-state index is 0.0628. The summed E-state index contributed by atoms with van der Waals surface area (Å²) in [6, 6.07) is 11.9. The van der Waals surface area contributed by atoms with E-state index in [4.69, 9.17) is 4.74 Å². The van der Waals surface area contributed by atoms with E-state index in [2.05, 4.69) is 50.4 Å². The predicted molar refractivity (Wildman–Crippen MR) is 105 cm³/mol. The maximum Gasteiger partial charge on any atom is 0.307 e. The third-order valence-corrected chi connectivity index (χ3v) is 5.27. The average Bonchev–Trinajstić information content (AvgIpc) is 3.13. The largest absolute Gasteiger partial charge is 0.469 e. The van der Waals surface area contributed by atoms with Crippen LogP contribution >= 0.6 is 11.3 Å². The van der Waals surface area contributed by atoms with Crippen molar-refractivity contribution >= 4 is 23.2 Å². The molecule has 4 nitrogen and oxygen atoms in total. The van der Waals surface area contributed by atoms with E-state index in [0.29, 0.717) is 12.8 Å². The highest BCUT2D eigenvalue weighted by Crippen LogP contribution is 2.24.